The van der Waals surface area contributed by atoms with Crippen molar-refractivity contribution in [3.63, 3.8) is 0 Å². The molecular formula is C18H22N6O2. The molecule has 2 aliphatic rings. The SMILES string of the molecule is Cc1nnccc1C(=O)N[C@@H]1CCC(=O)N(C2CC2)[C@H]1c1ccnn1C. The highest BCUT2D eigenvalue weighted by molar-refractivity contribution is 5.95. The van der Waals surface area contributed by atoms with E-state index in [9.17, 15) is 9.59 Å². The summed E-state index contributed by atoms with van der Waals surface area (Å²) in [5.74, 6) is -0.0226. The number of rotatable bonds is 4. The highest BCUT2D eigenvalue weighted by Gasteiger charge is 2.45. The smallest absolute Gasteiger partial charge is 0.253 e. The summed E-state index contributed by atoms with van der Waals surface area (Å²) in [5, 5.41) is 15.2. The summed E-state index contributed by atoms with van der Waals surface area (Å²) >= 11 is 0. The molecule has 1 saturated heterocycles. The van der Waals surface area contributed by atoms with Crippen molar-refractivity contribution in [3.05, 3.63) is 41.5 Å². The van der Waals surface area contributed by atoms with Crippen molar-refractivity contribution in [3.8, 4) is 0 Å². The largest absolute Gasteiger partial charge is 0.347 e. The third-order valence-electron chi connectivity index (χ3n) is 5.21. The molecule has 3 heterocycles. The summed E-state index contributed by atoms with van der Waals surface area (Å²) in [6.45, 7) is 1.77. The number of hydrogen-bond acceptors (Lipinski definition) is 5. The minimum Gasteiger partial charge on any atom is -0.347 e. The lowest BCUT2D eigenvalue weighted by atomic mass is 9.92. The molecule has 2 aromatic rings. The Hall–Kier alpha value is -2.77. The van der Waals surface area contributed by atoms with Gasteiger partial charge >= 0.3 is 0 Å². The fraction of sp³-hybridized carbons (Fsp3) is 0.500. The zero-order chi connectivity index (χ0) is 18.3. The lowest BCUT2D eigenvalue weighted by molar-refractivity contribution is -0.138. The van der Waals surface area contributed by atoms with Crippen LogP contribution in [0.5, 0.6) is 0 Å². The van der Waals surface area contributed by atoms with Crippen molar-refractivity contribution in [1.29, 1.82) is 0 Å². The van der Waals surface area contributed by atoms with E-state index in [-0.39, 0.29) is 29.9 Å². The van der Waals surface area contributed by atoms with Crippen LogP contribution in [0, 0.1) is 6.92 Å². The molecule has 0 radical (unpaired) electrons. The topological polar surface area (TPSA) is 93.0 Å². The van der Waals surface area contributed by atoms with Gasteiger partial charge in [-0.25, -0.2) is 0 Å². The lowest BCUT2D eigenvalue weighted by Gasteiger charge is -2.41. The van der Waals surface area contributed by atoms with Gasteiger partial charge in [0.1, 0.15) is 0 Å². The van der Waals surface area contributed by atoms with Crippen molar-refractivity contribution in [1.82, 2.24) is 30.2 Å². The number of nitrogens with one attached hydrogen (secondary N) is 1. The molecule has 1 saturated carbocycles. The molecular weight excluding hydrogens is 332 g/mol. The molecule has 2 amide bonds. The lowest BCUT2D eigenvalue weighted by Crippen LogP contribution is -2.53. The average molecular weight is 354 g/mol. The third-order valence-corrected chi connectivity index (χ3v) is 5.21. The zero-order valence-electron chi connectivity index (χ0n) is 14.9. The Kier molecular flexibility index (Phi) is 4.18. The molecule has 0 aromatic carbocycles. The third kappa shape index (κ3) is 2.95. The molecule has 1 aliphatic heterocycles. The molecule has 2 fully saturated rings. The molecule has 1 aliphatic carbocycles. The Morgan fingerprint density at radius 3 is 2.69 bits per heavy atom. The van der Waals surface area contributed by atoms with E-state index in [1.165, 1.54) is 6.20 Å². The minimum absolute atomic E-state index is 0.158. The fourth-order valence-corrected chi connectivity index (χ4v) is 3.76. The number of likely N-dealkylation sites (tertiary alicyclic amines) is 1. The Morgan fingerprint density at radius 1 is 1.23 bits per heavy atom. The van der Waals surface area contributed by atoms with Crippen molar-refractivity contribution in [2.45, 2.75) is 50.7 Å². The standard InChI is InChI=1S/C18H22N6O2/c1-11-13(7-9-19-22-11)18(26)21-14-5-6-16(25)24(12-3-4-12)17(14)15-8-10-20-23(15)2/h7-10,12,14,17H,3-6H2,1-2H3,(H,21,26)/t14-,17-/m1/s1. The summed E-state index contributed by atoms with van der Waals surface area (Å²) in [7, 11) is 1.87. The van der Waals surface area contributed by atoms with Crippen molar-refractivity contribution >= 4 is 11.8 Å². The van der Waals surface area contributed by atoms with Crippen LogP contribution in [0.2, 0.25) is 0 Å². The first-order valence-corrected chi connectivity index (χ1v) is 8.94. The van der Waals surface area contributed by atoms with E-state index < -0.39 is 0 Å². The second kappa shape index (κ2) is 6.51. The molecule has 2 aromatic heterocycles. The van der Waals surface area contributed by atoms with Gasteiger partial charge in [0.05, 0.1) is 35.2 Å². The molecule has 136 valence electrons. The minimum atomic E-state index is -0.199. The van der Waals surface area contributed by atoms with Crippen molar-refractivity contribution in [2.75, 3.05) is 0 Å². The highest BCUT2D eigenvalue weighted by atomic mass is 16.2. The number of hydrogen-bond donors (Lipinski definition) is 1. The summed E-state index contributed by atoms with van der Waals surface area (Å²) < 4.78 is 1.79. The van der Waals surface area contributed by atoms with Gasteiger partial charge in [-0.2, -0.15) is 15.3 Å². The van der Waals surface area contributed by atoms with Gasteiger partial charge in [-0.1, -0.05) is 0 Å². The van der Waals surface area contributed by atoms with Crippen LogP contribution >= 0.6 is 0 Å². The fourth-order valence-electron chi connectivity index (χ4n) is 3.76. The van der Waals surface area contributed by atoms with Gasteiger partial charge in [0.15, 0.2) is 0 Å². The van der Waals surface area contributed by atoms with Crippen molar-refractivity contribution < 1.29 is 9.59 Å². The van der Waals surface area contributed by atoms with Crippen LogP contribution in [0.3, 0.4) is 0 Å². The van der Waals surface area contributed by atoms with Gasteiger partial charge in [-0.05, 0) is 38.3 Å². The molecule has 2 atom stereocenters. The number of aryl methyl sites for hydroxylation is 2. The average Bonchev–Trinajstić information content (AvgIpc) is 3.37. The van der Waals surface area contributed by atoms with Gasteiger partial charge in [0.2, 0.25) is 5.91 Å². The van der Waals surface area contributed by atoms with Crippen LogP contribution in [0.15, 0.2) is 24.5 Å². The van der Waals surface area contributed by atoms with Crippen LogP contribution in [0.1, 0.15) is 53.5 Å². The molecule has 8 nitrogen and oxygen atoms in total. The Morgan fingerprint density at radius 2 is 2.04 bits per heavy atom. The van der Waals surface area contributed by atoms with E-state index in [1.807, 2.05) is 18.0 Å². The second-order valence-corrected chi connectivity index (χ2v) is 7.01. The molecule has 4 rings (SSSR count). The highest BCUT2D eigenvalue weighted by Crippen LogP contribution is 2.40. The Balaban J connectivity index is 1.65. The number of aromatic nitrogens is 4. The molecule has 0 bridgehead atoms. The first-order valence-electron chi connectivity index (χ1n) is 8.94. The maximum atomic E-state index is 12.8. The molecule has 1 N–H and O–H groups in total. The maximum Gasteiger partial charge on any atom is 0.253 e. The normalized spacial score (nSPS) is 23.2. The van der Waals surface area contributed by atoms with Gasteiger partial charge < -0.3 is 10.2 Å². The van der Waals surface area contributed by atoms with E-state index in [2.05, 4.69) is 20.6 Å². The van der Waals surface area contributed by atoms with Crippen LogP contribution < -0.4 is 5.32 Å². The number of carbonyl (C=O) groups is 2. The molecule has 0 unspecified atom stereocenters. The van der Waals surface area contributed by atoms with Crippen LogP contribution in [-0.4, -0.2) is 48.8 Å². The van der Waals surface area contributed by atoms with Gasteiger partial charge in [0, 0.05) is 25.7 Å². The molecule has 0 spiro atoms. The number of piperidine rings is 1. The van der Waals surface area contributed by atoms with Crippen molar-refractivity contribution in [2.24, 2.45) is 7.05 Å². The van der Waals surface area contributed by atoms with E-state index in [1.54, 1.807) is 23.9 Å². The monoisotopic (exact) mass is 354 g/mol. The first-order chi connectivity index (χ1) is 12.6. The number of carbonyl (C=O) groups excluding carboxylic acids is 2. The quantitative estimate of drug-likeness (QED) is 0.889. The second-order valence-electron chi connectivity index (χ2n) is 7.01. The van der Waals surface area contributed by atoms with E-state index in [0.717, 1.165) is 18.5 Å². The summed E-state index contributed by atoms with van der Waals surface area (Å²) in [6.07, 6.45) is 6.35. The van der Waals surface area contributed by atoms with E-state index in [0.29, 0.717) is 24.1 Å². The maximum absolute atomic E-state index is 12.8. The predicted octanol–water partition coefficient (Wildman–Crippen LogP) is 1.14. The molecule has 26 heavy (non-hydrogen) atoms. The Labute approximate surface area is 151 Å². The Bertz CT molecular complexity index is 844. The molecule has 8 heteroatoms. The zero-order valence-corrected chi connectivity index (χ0v) is 14.9. The summed E-state index contributed by atoms with van der Waals surface area (Å²) in [4.78, 5) is 27.4. The predicted molar refractivity (Wildman–Crippen MR) is 93.1 cm³/mol. The van der Waals surface area contributed by atoms with E-state index >= 15 is 0 Å². The first kappa shape index (κ1) is 16.7. The van der Waals surface area contributed by atoms with Gasteiger partial charge in [-0.3, -0.25) is 14.3 Å². The number of amides is 2. The summed E-state index contributed by atoms with van der Waals surface area (Å²) in [6, 6.07) is 3.51. The van der Waals surface area contributed by atoms with Gasteiger partial charge in [-0.15, -0.1) is 0 Å². The number of nitrogens with zero attached hydrogens (tertiary/aromatic N) is 5. The van der Waals surface area contributed by atoms with Crippen LogP contribution in [-0.2, 0) is 11.8 Å². The summed E-state index contributed by atoms with van der Waals surface area (Å²) in [5.41, 5.74) is 2.05. The van der Waals surface area contributed by atoms with Gasteiger partial charge in [0.25, 0.3) is 5.91 Å². The van der Waals surface area contributed by atoms with E-state index in [4.69, 9.17) is 0 Å². The van der Waals surface area contributed by atoms with Crippen LogP contribution in [0.25, 0.3) is 0 Å². The van der Waals surface area contributed by atoms with Crippen LogP contribution in [0.4, 0.5) is 0 Å².